The number of methoxy groups -OCH3 is 1. The third kappa shape index (κ3) is 6.35. The van der Waals surface area contributed by atoms with Crippen LogP contribution in [-0.2, 0) is 21.1 Å². The summed E-state index contributed by atoms with van der Waals surface area (Å²) in [4.78, 5) is 18.7. The topological polar surface area (TPSA) is 73.3 Å². The maximum atomic E-state index is 13.1. The summed E-state index contributed by atoms with van der Waals surface area (Å²) in [5.41, 5.74) is 0.905. The predicted octanol–water partition coefficient (Wildman–Crippen LogP) is 5.37. The smallest absolute Gasteiger partial charge is 0.214 e. The van der Waals surface area contributed by atoms with E-state index in [2.05, 4.69) is 4.98 Å². The predicted molar refractivity (Wildman–Crippen MR) is 129 cm³/mol. The summed E-state index contributed by atoms with van der Waals surface area (Å²) in [6.07, 6.45) is 3.43. The summed E-state index contributed by atoms with van der Waals surface area (Å²) in [5.74, 6) is 1.09. The molecule has 1 aromatic carbocycles. The van der Waals surface area contributed by atoms with Crippen LogP contribution in [0.3, 0.4) is 0 Å². The number of rotatable bonds is 8. The van der Waals surface area contributed by atoms with E-state index in [9.17, 15) is 13.2 Å². The van der Waals surface area contributed by atoms with Crippen LogP contribution in [0, 0.1) is 11.8 Å². The van der Waals surface area contributed by atoms with E-state index < -0.39 is 14.6 Å². The molecule has 0 unspecified atom stereocenters. The molecule has 0 radical (unpaired) electrons. The minimum atomic E-state index is -3.13. The third-order valence-electron chi connectivity index (χ3n) is 6.14. The van der Waals surface area contributed by atoms with Crippen LogP contribution in [0.1, 0.15) is 52.0 Å². The number of aromatic nitrogens is 1. The van der Waals surface area contributed by atoms with Gasteiger partial charge in [-0.25, -0.2) is 13.4 Å². The Kier molecular flexibility index (Phi) is 8.04. The average molecular weight is 476 g/mol. The number of carbonyl (C=O) groups excluding carboxylic acids is 1. The molecule has 1 aliphatic carbocycles. The molecule has 7 heteroatoms. The van der Waals surface area contributed by atoms with Crippen molar-refractivity contribution in [1.29, 1.82) is 0 Å². The highest BCUT2D eigenvalue weighted by atomic mass is 32.2. The molecule has 0 spiro atoms. The number of Topliss-reactive ketones (excluding diaryl/α,β-unsaturated/α-hetero) is 1. The summed E-state index contributed by atoms with van der Waals surface area (Å²) in [5, 5.41) is 0.786. The van der Waals surface area contributed by atoms with Gasteiger partial charge in [-0.1, -0.05) is 36.0 Å². The number of hydrogen-bond acceptors (Lipinski definition) is 6. The van der Waals surface area contributed by atoms with Crippen molar-refractivity contribution in [3.05, 3.63) is 48.0 Å². The monoisotopic (exact) mass is 475 g/mol. The first-order valence-corrected chi connectivity index (χ1v) is 13.6. The molecule has 3 rings (SSSR count). The number of pyridine rings is 1. The Morgan fingerprint density at radius 1 is 1.06 bits per heavy atom. The highest BCUT2D eigenvalue weighted by molar-refractivity contribution is 7.99. The van der Waals surface area contributed by atoms with Crippen molar-refractivity contribution in [3.8, 4) is 5.88 Å². The van der Waals surface area contributed by atoms with Crippen LogP contribution in [-0.4, -0.2) is 36.8 Å². The Bertz CT molecular complexity index is 1020. The van der Waals surface area contributed by atoms with E-state index in [0.29, 0.717) is 12.3 Å². The molecule has 0 bridgehead atoms. The van der Waals surface area contributed by atoms with Gasteiger partial charge >= 0.3 is 0 Å². The Balaban J connectivity index is 1.64. The van der Waals surface area contributed by atoms with E-state index in [1.807, 2.05) is 36.4 Å². The van der Waals surface area contributed by atoms with E-state index in [-0.39, 0.29) is 23.4 Å². The molecule has 0 amide bonds. The fourth-order valence-electron chi connectivity index (χ4n) is 3.93. The zero-order chi connectivity index (χ0) is 23.4. The van der Waals surface area contributed by atoms with Crippen molar-refractivity contribution in [3.63, 3.8) is 0 Å². The zero-order valence-corrected chi connectivity index (χ0v) is 21.0. The molecular formula is C25H33NO4S2. The number of sulfone groups is 1. The Morgan fingerprint density at radius 3 is 2.31 bits per heavy atom. The minimum Gasteiger partial charge on any atom is -0.481 e. The molecule has 0 saturated heterocycles. The molecule has 0 N–H and O–H groups in total. The average Bonchev–Trinajstić information content (AvgIpc) is 2.75. The molecular weight excluding hydrogens is 442 g/mol. The number of benzene rings is 1. The summed E-state index contributed by atoms with van der Waals surface area (Å²) in [6, 6.07) is 13.7. The van der Waals surface area contributed by atoms with Crippen LogP contribution in [0.2, 0.25) is 0 Å². The summed E-state index contributed by atoms with van der Waals surface area (Å²) >= 11 is 1.53. The Hall–Kier alpha value is -1.86. The molecule has 1 fully saturated rings. The van der Waals surface area contributed by atoms with Gasteiger partial charge in [-0.3, -0.25) is 4.79 Å². The molecule has 1 aromatic heterocycles. The fraction of sp³-hybridized carbons (Fsp3) is 0.520. The molecule has 1 aliphatic rings. The van der Waals surface area contributed by atoms with E-state index in [0.717, 1.165) is 41.2 Å². The second kappa shape index (κ2) is 10.4. The van der Waals surface area contributed by atoms with Gasteiger partial charge in [0.1, 0.15) is 10.8 Å². The fourth-order valence-corrected chi connectivity index (χ4v) is 6.31. The molecule has 1 saturated carbocycles. The molecule has 32 heavy (non-hydrogen) atoms. The normalized spacial score (nSPS) is 19.5. The highest BCUT2D eigenvalue weighted by Gasteiger charge is 2.34. The number of hydrogen-bond donors (Lipinski definition) is 0. The van der Waals surface area contributed by atoms with Crippen molar-refractivity contribution in [1.82, 2.24) is 4.98 Å². The third-order valence-corrected chi connectivity index (χ3v) is 9.97. The van der Waals surface area contributed by atoms with Crippen molar-refractivity contribution < 1.29 is 17.9 Å². The van der Waals surface area contributed by atoms with Crippen LogP contribution in [0.15, 0.2) is 52.4 Å². The number of nitrogens with zero attached hydrogens (tertiary/aromatic N) is 1. The first kappa shape index (κ1) is 24.8. The Labute approximate surface area is 196 Å². The summed E-state index contributed by atoms with van der Waals surface area (Å²) < 4.78 is 29.6. The van der Waals surface area contributed by atoms with Crippen molar-refractivity contribution >= 4 is 27.4 Å². The summed E-state index contributed by atoms with van der Waals surface area (Å²) in [6.45, 7) is 5.27. The van der Waals surface area contributed by atoms with Gasteiger partial charge in [0.05, 0.1) is 17.6 Å². The minimum absolute atomic E-state index is 0.0136. The van der Waals surface area contributed by atoms with E-state index in [1.54, 1.807) is 33.9 Å². The van der Waals surface area contributed by atoms with Gasteiger partial charge in [0.15, 0.2) is 9.84 Å². The van der Waals surface area contributed by atoms with Gasteiger partial charge in [0.2, 0.25) is 5.88 Å². The van der Waals surface area contributed by atoms with Crippen LogP contribution in [0.5, 0.6) is 5.88 Å². The van der Waals surface area contributed by atoms with Gasteiger partial charge in [-0.05, 0) is 70.1 Å². The van der Waals surface area contributed by atoms with Gasteiger partial charge in [0, 0.05) is 23.3 Å². The lowest BCUT2D eigenvalue weighted by atomic mass is 9.79. The van der Waals surface area contributed by atoms with E-state index in [1.165, 1.54) is 11.8 Å². The Morgan fingerprint density at radius 2 is 1.72 bits per heavy atom. The maximum Gasteiger partial charge on any atom is 0.214 e. The number of ether oxygens (including phenoxy) is 1. The standard InChI is InChI=1S/C25H33NO4S2/c1-25(2,3)32(28,29)17-18-10-12-19(13-11-18)22(27)16-20-14-15-23(30-4)26-24(20)31-21-8-6-5-7-9-21/h5-9,14-15,18-19H,10-13,16-17H2,1-4H3. The van der Waals surface area contributed by atoms with Gasteiger partial charge in [0.25, 0.3) is 0 Å². The number of carbonyl (C=O) groups is 1. The second-order valence-corrected chi connectivity index (χ2v) is 13.3. The molecule has 0 aliphatic heterocycles. The second-order valence-electron chi connectivity index (χ2n) is 9.49. The first-order valence-electron chi connectivity index (χ1n) is 11.1. The van der Waals surface area contributed by atoms with Gasteiger partial charge < -0.3 is 4.74 Å². The first-order chi connectivity index (χ1) is 15.1. The lowest BCUT2D eigenvalue weighted by Gasteiger charge is -2.30. The highest BCUT2D eigenvalue weighted by Crippen LogP contribution is 2.35. The molecule has 1 heterocycles. The molecule has 2 aromatic rings. The largest absolute Gasteiger partial charge is 0.481 e. The lowest BCUT2D eigenvalue weighted by Crippen LogP contribution is -2.35. The van der Waals surface area contributed by atoms with Gasteiger partial charge in [-0.2, -0.15) is 0 Å². The summed E-state index contributed by atoms with van der Waals surface area (Å²) in [7, 11) is -1.55. The number of ketones is 1. The van der Waals surface area contributed by atoms with E-state index in [4.69, 9.17) is 4.74 Å². The zero-order valence-electron chi connectivity index (χ0n) is 19.3. The molecule has 0 atom stereocenters. The molecule has 5 nitrogen and oxygen atoms in total. The van der Waals surface area contributed by atoms with Crippen LogP contribution >= 0.6 is 11.8 Å². The SMILES string of the molecule is COc1ccc(CC(=O)C2CCC(CS(=O)(=O)C(C)(C)C)CC2)c(Sc2ccccc2)n1. The molecule has 174 valence electrons. The lowest BCUT2D eigenvalue weighted by molar-refractivity contribution is -0.123. The van der Waals surface area contributed by atoms with Crippen molar-refractivity contribution in [2.24, 2.45) is 11.8 Å². The van der Waals surface area contributed by atoms with Crippen molar-refractivity contribution in [2.75, 3.05) is 12.9 Å². The van der Waals surface area contributed by atoms with Crippen LogP contribution < -0.4 is 4.74 Å². The van der Waals surface area contributed by atoms with E-state index >= 15 is 0 Å². The van der Waals surface area contributed by atoms with Crippen LogP contribution in [0.4, 0.5) is 0 Å². The maximum absolute atomic E-state index is 13.1. The van der Waals surface area contributed by atoms with Crippen molar-refractivity contribution in [2.45, 2.75) is 67.5 Å². The van der Waals surface area contributed by atoms with Crippen LogP contribution in [0.25, 0.3) is 0 Å². The van der Waals surface area contributed by atoms with Gasteiger partial charge in [-0.15, -0.1) is 0 Å². The quantitative estimate of drug-likeness (QED) is 0.511.